The summed E-state index contributed by atoms with van der Waals surface area (Å²) < 4.78 is 0. The third-order valence-electron chi connectivity index (χ3n) is 4.12. The van der Waals surface area contributed by atoms with Crippen LogP contribution < -0.4 is 5.32 Å². The van der Waals surface area contributed by atoms with E-state index in [-0.39, 0.29) is 5.57 Å². The average Bonchev–Trinajstić information content (AvgIpc) is 3.00. The lowest BCUT2D eigenvalue weighted by Crippen LogP contribution is -2.05. The number of hydrogen-bond acceptors (Lipinski definition) is 4. The van der Waals surface area contributed by atoms with Crippen LogP contribution in [0.25, 0.3) is 11.0 Å². The van der Waals surface area contributed by atoms with Gasteiger partial charge in [-0.1, -0.05) is 19.3 Å². The van der Waals surface area contributed by atoms with Crippen LogP contribution >= 0.6 is 0 Å². The second-order valence-electron chi connectivity index (χ2n) is 5.61. The molecule has 2 aromatic rings. The van der Waals surface area contributed by atoms with E-state index in [0.717, 1.165) is 22.5 Å². The molecule has 22 heavy (non-hydrogen) atoms. The predicted molar refractivity (Wildman–Crippen MR) is 84.9 cm³/mol. The number of hydrogen-bond donors (Lipinski definition) is 2. The molecule has 0 atom stereocenters. The van der Waals surface area contributed by atoms with E-state index in [2.05, 4.69) is 10.3 Å². The number of benzene rings is 1. The smallest absolute Gasteiger partial charge is 0.145 e. The summed E-state index contributed by atoms with van der Waals surface area (Å²) in [6.45, 7) is 0. The first kappa shape index (κ1) is 14.2. The lowest BCUT2D eigenvalue weighted by Gasteiger charge is -2.18. The van der Waals surface area contributed by atoms with E-state index in [1.54, 1.807) is 0 Å². The van der Waals surface area contributed by atoms with Crippen LogP contribution in [0.3, 0.4) is 0 Å². The molecule has 2 N–H and O–H groups in total. The first-order chi connectivity index (χ1) is 10.8. The Kier molecular flexibility index (Phi) is 4.07. The second kappa shape index (κ2) is 6.32. The SMILES string of the molecule is N#CC(C#N)=CNc1ccc2nc(C3CCCCC3)[nH]c2c1. The summed E-state index contributed by atoms with van der Waals surface area (Å²) in [5, 5.41) is 20.4. The number of rotatable bonds is 3. The van der Waals surface area contributed by atoms with Crippen LogP contribution in [-0.4, -0.2) is 9.97 Å². The molecular formula is C17H17N5. The van der Waals surface area contributed by atoms with Gasteiger partial charge in [0.2, 0.25) is 0 Å². The third-order valence-corrected chi connectivity index (χ3v) is 4.12. The van der Waals surface area contributed by atoms with E-state index in [4.69, 9.17) is 15.5 Å². The Hall–Kier alpha value is -2.79. The Morgan fingerprint density at radius 2 is 2.00 bits per heavy atom. The summed E-state index contributed by atoms with van der Waals surface area (Å²) in [6.07, 6.45) is 7.73. The highest BCUT2D eigenvalue weighted by Gasteiger charge is 2.18. The van der Waals surface area contributed by atoms with Crippen molar-refractivity contribution in [2.75, 3.05) is 5.32 Å². The molecule has 0 bridgehead atoms. The first-order valence-corrected chi connectivity index (χ1v) is 7.56. The van der Waals surface area contributed by atoms with Gasteiger partial charge in [0, 0.05) is 17.8 Å². The molecule has 5 heteroatoms. The first-order valence-electron chi connectivity index (χ1n) is 7.56. The monoisotopic (exact) mass is 291 g/mol. The molecule has 1 aliphatic rings. The number of nitriles is 2. The maximum Gasteiger partial charge on any atom is 0.145 e. The molecule has 1 heterocycles. The highest BCUT2D eigenvalue weighted by Crippen LogP contribution is 2.32. The van der Waals surface area contributed by atoms with Gasteiger partial charge in [0.05, 0.1) is 11.0 Å². The van der Waals surface area contributed by atoms with Crippen molar-refractivity contribution in [1.82, 2.24) is 9.97 Å². The Balaban J connectivity index is 1.83. The Morgan fingerprint density at radius 1 is 1.23 bits per heavy atom. The second-order valence-corrected chi connectivity index (χ2v) is 5.61. The standard InChI is InChI=1S/C17H17N5/c18-9-12(10-19)11-20-14-6-7-15-16(8-14)22-17(21-15)13-4-2-1-3-5-13/h6-8,11,13,20H,1-5H2,(H,21,22). The molecule has 1 fully saturated rings. The van der Waals surface area contributed by atoms with E-state index >= 15 is 0 Å². The molecule has 3 rings (SSSR count). The van der Waals surface area contributed by atoms with Gasteiger partial charge < -0.3 is 10.3 Å². The summed E-state index contributed by atoms with van der Waals surface area (Å²) in [5.74, 6) is 1.62. The van der Waals surface area contributed by atoms with Gasteiger partial charge in [-0.15, -0.1) is 0 Å². The van der Waals surface area contributed by atoms with Crippen LogP contribution in [0.15, 0.2) is 30.0 Å². The van der Waals surface area contributed by atoms with Crippen LogP contribution in [-0.2, 0) is 0 Å². The van der Waals surface area contributed by atoms with Crippen molar-refractivity contribution >= 4 is 16.7 Å². The van der Waals surface area contributed by atoms with Crippen molar-refractivity contribution < 1.29 is 0 Å². The number of fused-ring (bicyclic) bond motifs is 1. The van der Waals surface area contributed by atoms with Crippen molar-refractivity contribution in [3.05, 3.63) is 35.8 Å². The lowest BCUT2D eigenvalue weighted by atomic mass is 9.89. The van der Waals surface area contributed by atoms with Gasteiger partial charge in [-0.05, 0) is 31.0 Å². The molecule has 0 unspecified atom stereocenters. The molecule has 0 radical (unpaired) electrons. The van der Waals surface area contributed by atoms with Crippen LogP contribution in [0.5, 0.6) is 0 Å². The molecule has 0 aliphatic heterocycles. The van der Waals surface area contributed by atoms with Crippen LogP contribution in [0.1, 0.15) is 43.8 Å². The minimum Gasteiger partial charge on any atom is -0.360 e. The third kappa shape index (κ3) is 2.94. The van der Waals surface area contributed by atoms with Crippen molar-refractivity contribution in [1.29, 1.82) is 10.5 Å². The van der Waals surface area contributed by atoms with Gasteiger partial charge in [-0.2, -0.15) is 10.5 Å². The predicted octanol–water partition coefficient (Wildman–Crippen LogP) is 3.95. The number of anilines is 1. The van der Waals surface area contributed by atoms with E-state index < -0.39 is 0 Å². The minimum atomic E-state index is 0.0487. The molecule has 5 nitrogen and oxygen atoms in total. The number of aromatic nitrogens is 2. The van der Waals surface area contributed by atoms with Crippen molar-refractivity contribution in [3.8, 4) is 12.1 Å². The Morgan fingerprint density at radius 3 is 2.73 bits per heavy atom. The quantitative estimate of drug-likeness (QED) is 0.838. The lowest BCUT2D eigenvalue weighted by molar-refractivity contribution is 0.431. The number of nitrogens with zero attached hydrogens (tertiary/aromatic N) is 3. The van der Waals surface area contributed by atoms with Gasteiger partial charge >= 0.3 is 0 Å². The van der Waals surface area contributed by atoms with Crippen molar-refractivity contribution in [2.24, 2.45) is 0 Å². The average molecular weight is 291 g/mol. The molecule has 1 aromatic carbocycles. The van der Waals surface area contributed by atoms with E-state index in [0.29, 0.717) is 5.92 Å². The zero-order valence-electron chi connectivity index (χ0n) is 12.3. The molecule has 0 amide bonds. The number of aromatic amines is 1. The molecule has 110 valence electrons. The van der Waals surface area contributed by atoms with Crippen LogP contribution in [0.4, 0.5) is 5.69 Å². The highest BCUT2D eigenvalue weighted by atomic mass is 14.9. The van der Waals surface area contributed by atoms with Crippen LogP contribution in [0.2, 0.25) is 0 Å². The number of H-pyrrole nitrogens is 1. The molecule has 1 saturated carbocycles. The fraction of sp³-hybridized carbons (Fsp3) is 0.353. The van der Waals surface area contributed by atoms with Crippen LogP contribution in [0, 0.1) is 22.7 Å². The molecule has 0 saturated heterocycles. The van der Waals surface area contributed by atoms with E-state index in [1.807, 2.05) is 30.3 Å². The fourth-order valence-corrected chi connectivity index (χ4v) is 2.93. The summed E-state index contributed by atoms with van der Waals surface area (Å²) >= 11 is 0. The highest BCUT2D eigenvalue weighted by molar-refractivity contribution is 5.79. The normalized spacial score (nSPS) is 15.0. The number of imidazole rings is 1. The maximum atomic E-state index is 8.73. The van der Waals surface area contributed by atoms with Gasteiger partial charge in [-0.25, -0.2) is 4.98 Å². The Bertz CT molecular complexity index is 765. The molecular weight excluding hydrogens is 274 g/mol. The molecule has 1 aromatic heterocycles. The van der Waals surface area contributed by atoms with Gasteiger partial charge in [0.1, 0.15) is 23.5 Å². The summed E-state index contributed by atoms with van der Waals surface area (Å²) in [4.78, 5) is 8.12. The fourth-order valence-electron chi connectivity index (χ4n) is 2.93. The zero-order chi connectivity index (χ0) is 15.4. The van der Waals surface area contributed by atoms with Crippen molar-refractivity contribution in [3.63, 3.8) is 0 Å². The van der Waals surface area contributed by atoms with Crippen molar-refractivity contribution in [2.45, 2.75) is 38.0 Å². The number of allylic oxidation sites excluding steroid dienone is 1. The minimum absolute atomic E-state index is 0.0487. The van der Waals surface area contributed by atoms with Gasteiger partial charge in [0.15, 0.2) is 0 Å². The van der Waals surface area contributed by atoms with E-state index in [1.165, 1.54) is 38.3 Å². The van der Waals surface area contributed by atoms with Gasteiger partial charge in [-0.3, -0.25) is 0 Å². The summed E-state index contributed by atoms with van der Waals surface area (Å²) in [7, 11) is 0. The van der Waals surface area contributed by atoms with Gasteiger partial charge in [0.25, 0.3) is 0 Å². The summed E-state index contributed by atoms with van der Waals surface area (Å²) in [5.41, 5.74) is 2.81. The summed E-state index contributed by atoms with van der Waals surface area (Å²) in [6, 6.07) is 9.45. The molecule has 1 aliphatic carbocycles. The largest absolute Gasteiger partial charge is 0.360 e. The number of nitrogens with one attached hydrogen (secondary N) is 2. The molecule has 0 spiro atoms. The van der Waals surface area contributed by atoms with E-state index in [9.17, 15) is 0 Å². The topological polar surface area (TPSA) is 88.3 Å². The maximum absolute atomic E-state index is 8.73. The Labute approximate surface area is 129 Å². The zero-order valence-corrected chi connectivity index (χ0v) is 12.3.